The molecule has 0 spiro atoms. The van der Waals surface area contributed by atoms with E-state index in [2.05, 4.69) is 0 Å². The molecule has 5 nitrogen and oxygen atoms in total. The van der Waals surface area contributed by atoms with Gasteiger partial charge in [0.25, 0.3) is 0 Å². The Balaban J connectivity index is 2.91. The topological polar surface area (TPSA) is 86.2 Å². The molecule has 1 aromatic rings. The standard InChI is InChI=1S/C10H9FN2O3/c11-8-5-4-7(2-1-3-10(12)14)6-9(8)13(15)16/h1-2,4-6H,3H2,(H2,12,14). The third kappa shape index (κ3) is 3.16. The number of primary amides is 1. The molecular weight excluding hydrogens is 215 g/mol. The van der Waals surface area contributed by atoms with Crippen molar-refractivity contribution in [3.05, 3.63) is 45.8 Å². The van der Waals surface area contributed by atoms with E-state index in [-0.39, 0.29) is 6.42 Å². The van der Waals surface area contributed by atoms with Gasteiger partial charge in [-0.3, -0.25) is 14.9 Å². The average Bonchev–Trinajstić information content (AvgIpc) is 2.19. The Hall–Kier alpha value is -2.24. The molecule has 0 radical (unpaired) electrons. The number of nitrogens with two attached hydrogens (primary N) is 1. The summed E-state index contributed by atoms with van der Waals surface area (Å²) >= 11 is 0. The Morgan fingerprint density at radius 2 is 2.25 bits per heavy atom. The number of amides is 1. The number of hydrogen-bond donors (Lipinski definition) is 1. The van der Waals surface area contributed by atoms with E-state index in [4.69, 9.17) is 5.73 Å². The van der Waals surface area contributed by atoms with Crippen molar-refractivity contribution in [2.24, 2.45) is 5.73 Å². The van der Waals surface area contributed by atoms with Crippen molar-refractivity contribution in [2.75, 3.05) is 0 Å². The van der Waals surface area contributed by atoms with Gasteiger partial charge in [-0.2, -0.15) is 4.39 Å². The van der Waals surface area contributed by atoms with Crippen LogP contribution in [-0.2, 0) is 4.79 Å². The summed E-state index contributed by atoms with van der Waals surface area (Å²) in [5.41, 5.74) is 4.74. The summed E-state index contributed by atoms with van der Waals surface area (Å²) in [6.07, 6.45) is 2.96. The van der Waals surface area contributed by atoms with E-state index >= 15 is 0 Å². The number of nitro groups is 1. The average molecular weight is 224 g/mol. The second kappa shape index (κ2) is 5.01. The predicted molar refractivity (Wildman–Crippen MR) is 55.9 cm³/mol. The molecule has 0 unspecified atom stereocenters. The number of rotatable bonds is 4. The van der Waals surface area contributed by atoms with Crippen LogP contribution in [0, 0.1) is 15.9 Å². The highest BCUT2D eigenvalue weighted by molar-refractivity contribution is 5.76. The van der Waals surface area contributed by atoms with Crippen molar-refractivity contribution >= 4 is 17.7 Å². The van der Waals surface area contributed by atoms with Gasteiger partial charge in [0.05, 0.1) is 4.92 Å². The van der Waals surface area contributed by atoms with Crippen LogP contribution in [0.15, 0.2) is 24.3 Å². The summed E-state index contributed by atoms with van der Waals surface area (Å²) in [7, 11) is 0. The number of hydrogen-bond acceptors (Lipinski definition) is 3. The first kappa shape index (κ1) is 11.8. The first-order valence-corrected chi connectivity index (χ1v) is 4.39. The molecule has 2 N–H and O–H groups in total. The second-order valence-corrected chi connectivity index (χ2v) is 3.04. The maximum atomic E-state index is 12.9. The maximum Gasteiger partial charge on any atom is 0.305 e. The molecule has 0 saturated heterocycles. The highest BCUT2D eigenvalue weighted by Crippen LogP contribution is 2.19. The zero-order chi connectivity index (χ0) is 12.1. The normalized spacial score (nSPS) is 10.6. The summed E-state index contributed by atoms with van der Waals surface area (Å²) in [6.45, 7) is 0. The van der Waals surface area contributed by atoms with Gasteiger partial charge in [0, 0.05) is 12.5 Å². The van der Waals surface area contributed by atoms with Crippen molar-refractivity contribution in [3.63, 3.8) is 0 Å². The minimum Gasteiger partial charge on any atom is -0.369 e. The fraction of sp³-hybridized carbons (Fsp3) is 0.100. The number of nitrogens with zero attached hydrogens (tertiary/aromatic N) is 1. The van der Waals surface area contributed by atoms with Crippen LogP contribution in [-0.4, -0.2) is 10.8 Å². The van der Waals surface area contributed by atoms with E-state index < -0.39 is 22.3 Å². The highest BCUT2D eigenvalue weighted by Gasteiger charge is 2.12. The third-order valence-corrected chi connectivity index (χ3v) is 1.80. The van der Waals surface area contributed by atoms with Crippen LogP contribution in [0.25, 0.3) is 6.08 Å². The smallest absolute Gasteiger partial charge is 0.305 e. The van der Waals surface area contributed by atoms with Crippen LogP contribution in [0.1, 0.15) is 12.0 Å². The Morgan fingerprint density at radius 1 is 1.56 bits per heavy atom. The zero-order valence-electron chi connectivity index (χ0n) is 8.22. The molecule has 0 atom stereocenters. The maximum absolute atomic E-state index is 12.9. The monoisotopic (exact) mass is 224 g/mol. The van der Waals surface area contributed by atoms with Gasteiger partial charge in [0.15, 0.2) is 0 Å². The summed E-state index contributed by atoms with van der Waals surface area (Å²) in [5, 5.41) is 10.4. The molecule has 0 aliphatic carbocycles. The molecule has 84 valence electrons. The van der Waals surface area contributed by atoms with Gasteiger partial charge in [-0.05, 0) is 11.6 Å². The van der Waals surface area contributed by atoms with Gasteiger partial charge in [0.1, 0.15) is 0 Å². The molecule has 0 bridgehead atoms. The molecule has 1 amide bonds. The SMILES string of the molecule is NC(=O)CC=Cc1ccc(F)c([N+](=O)[O-])c1. The van der Waals surface area contributed by atoms with Crippen LogP contribution in [0.2, 0.25) is 0 Å². The lowest BCUT2D eigenvalue weighted by atomic mass is 10.1. The van der Waals surface area contributed by atoms with Gasteiger partial charge < -0.3 is 5.73 Å². The summed E-state index contributed by atoms with van der Waals surface area (Å²) < 4.78 is 12.9. The Bertz CT molecular complexity index is 457. The molecule has 0 aliphatic heterocycles. The fourth-order valence-corrected chi connectivity index (χ4v) is 1.08. The molecule has 16 heavy (non-hydrogen) atoms. The second-order valence-electron chi connectivity index (χ2n) is 3.04. The van der Waals surface area contributed by atoms with Crippen LogP contribution in [0.4, 0.5) is 10.1 Å². The molecule has 0 aliphatic rings. The van der Waals surface area contributed by atoms with E-state index in [1.165, 1.54) is 18.2 Å². The number of carbonyl (C=O) groups is 1. The minimum absolute atomic E-state index is 0.0329. The molecule has 0 saturated carbocycles. The number of nitro benzene ring substituents is 1. The van der Waals surface area contributed by atoms with Crippen molar-refractivity contribution in [1.29, 1.82) is 0 Å². The van der Waals surface area contributed by atoms with Crippen LogP contribution in [0.3, 0.4) is 0 Å². The molecule has 1 aromatic carbocycles. The van der Waals surface area contributed by atoms with Gasteiger partial charge in [-0.1, -0.05) is 18.2 Å². The Labute approximate surface area is 90.5 Å². The van der Waals surface area contributed by atoms with E-state index in [0.717, 1.165) is 12.1 Å². The fourth-order valence-electron chi connectivity index (χ4n) is 1.08. The molecule has 1 rings (SSSR count). The van der Waals surface area contributed by atoms with Crippen LogP contribution in [0.5, 0.6) is 0 Å². The highest BCUT2D eigenvalue weighted by atomic mass is 19.1. The largest absolute Gasteiger partial charge is 0.369 e. The van der Waals surface area contributed by atoms with Crippen molar-refractivity contribution in [3.8, 4) is 0 Å². The van der Waals surface area contributed by atoms with Crippen LogP contribution >= 0.6 is 0 Å². The third-order valence-electron chi connectivity index (χ3n) is 1.80. The Morgan fingerprint density at radius 3 is 2.81 bits per heavy atom. The minimum atomic E-state index is -0.892. The number of benzene rings is 1. The predicted octanol–water partition coefficient (Wildman–Crippen LogP) is 1.62. The van der Waals surface area contributed by atoms with Crippen LogP contribution < -0.4 is 5.73 Å². The van der Waals surface area contributed by atoms with Crippen molar-refractivity contribution in [2.45, 2.75) is 6.42 Å². The van der Waals surface area contributed by atoms with Crippen molar-refractivity contribution < 1.29 is 14.1 Å². The summed E-state index contributed by atoms with van der Waals surface area (Å²) in [4.78, 5) is 20.0. The molecule has 0 aromatic heterocycles. The van der Waals surface area contributed by atoms with Gasteiger partial charge in [0.2, 0.25) is 11.7 Å². The molecule has 0 heterocycles. The first-order valence-electron chi connectivity index (χ1n) is 4.39. The number of carbonyl (C=O) groups excluding carboxylic acids is 1. The lowest BCUT2D eigenvalue weighted by Crippen LogP contribution is -2.07. The van der Waals surface area contributed by atoms with E-state index in [1.54, 1.807) is 0 Å². The lowest BCUT2D eigenvalue weighted by molar-refractivity contribution is -0.387. The van der Waals surface area contributed by atoms with E-state index in [0.29, 0.717) is 5.56 Å². The van der Waals surface area contributed by atoms with E-state index in [9.17, 15) is 19.3 Å². The number of halogens is 1. The van der Waals surface area contributed by atoms with E-state index in [1.807, 2.05) is 0 Å². The van der Waals surface area contributed by atoms with Crippen molar-refractivity contribution in [1.82, 2.24) is 0 Å². The van der Waals surface area contributed by atoms with Gasteiger partial charge in [-0.25, -0.2) is 0 Å². The van der Waals surface area contributed by atoms with Gasteiger partial charge in [-0.15, -0.1) is 0 Å². The first-order chi connectivity index (χ1) is 7.50. The van der Waals surface area contributed by atoms with Gasteiger partial charge >= 0.3 is 5.69 Å². The summed E-state index contributed by atoms with van der Waals surface area (Å²) in [5.74, 6) is -1.40. The molecular formula is C10H9FN2O3. The Kier molecular flexibility index (Phi) is 3.71. The summed E-state index contributed by atoms with van der Waals surface area (Å²) in [6, 6.07) is 3.47. The quantitative estimate of drug-likeness (QED) is 0.622. The lowest BCUT2D eigenvalue weighted by Gasteiger charge is -1.96. The zero-order valence-corrected chi connectivity index (χ0v) is 8.22. The molecule has 0 fully saturated rings. The molecule has 6 heteroatoms.